The molecule has 5 aliphatic rings. The molecule has 0 aliphatic heterocycles. The van der Waals surface area contributed by atoms with Crippen molar-refractivity contribution in [3.8, 4) is 0 Å². The lowest BCUT2D eigenvalue weighted by molar-refractivity contribution is -0.170. The molecule has 0 saturated heterocycles. The first kappa shape index (κ1) is 20.5. The summed E-state index contributed by atoms with van der Waals surface area (Å²) in [6.07, 6.45) is 8.78. The fourth-order valence-electron chi connectivity index (χ4n) is 6.65. The van der Waals surface area contributed by atoms with Crippen LogP contribution in [0.15, 0.2) is 0 Å². The highest BCUT2D eigenvalue weighted by Crippen LogP contribution is 2.64. The van der Waals surface area contributed by atoms with Gasteiger partial charge in [-0.25, -0.2) is 4.79 Å². The van der Waals surface area contributed by atoms with E-state index in [1.165, 1.54) is 24.9 Å². The number of amides is 1. The molecule has 0 unspecified atom stereocenters. The van der Waals surface area contributed by atoms with E-state index in [2.05, 4.69) is 21.2 Å². The van der Waals surface area contributed by atoms with E-state index in [0.29, 0.717) is 22.4 Å². The molecule has 8 heteroatoms. The van der Waals surface area contributed by atoms with Gasteiger partial charge < -0.3 is 14.8 Å². The zero-order valence-electron chi connectivity index (χ0n) is 17.1. The molecule has 6 rings (SSSR count). The standard InChI is InChI=1S/C22H26BrNO5S/c1-28-19(26)17-14-3-2-4-15(14)30-18(17)24-16(25)10-29-20(27)21-6-12-5-13(7-21)9-22(23,8-12)11-21/h12-13H,2-11H2,1H3,(H,24,25)/t12-,13-,21?,22?/m1/s1. The summed E-state index contributed by atoms with van der Waals surface area (Å²) in [5, 5.41) is 3.29. The van der Waals surface area contributed by atoms with Crippen molar-refractivity contribution in [1.29, 1.82) is 0 Å². The number of ether oxygens (including phenoxy) is 2. The number of carbonyl (C=O) groups is 3. The second-order valence-corrected chi connectivity index (χ2v) is 12.4. The Hall–Kier alpha value is -1.41. The SMILES string of the molecule is COC(=O)c1c(NC(=O)COC(=O)C23C[C@H]4C[C@@H](CC(Br)(C4)C2)C3)sc2c1CCC2. The number of aryl methyl sites for hydroxylation is 1. The molecule has 1 N–H and O–H groups in total. The number of nitrogens with one attached hydrogen (secondary N) is 1. The highest BCUT2D eigenvalue weighted by molar-refractivity contribution is 9.10. The largest absolute Gasteiger partial charge is 0.465 e. The average molecular weight is 496 g/mol. The van der Waals surface area contributed by atoms with Gasteiger partial charge >= 0.3 is 11.9 Å². The molecular formula is C22H26BrNO5S. The Balaban J connectivity index is 1.24. The molecule has 4 saturated carbocycles. The summed E-state index contributed by atoms with van der Waals surface area (Å²) in [4.78, 5) is 38.9. The maximum Gasteiger partial charge on any atom is 0.341 e. The van der Waals surface area contributed by atoms with E-state index < -0.39 is 17.3 Å². The van der Waals surface area contributed by atoms with E-state index in [9.17, 15) is 14.4 Å². The number of anilines is 1. The van der Waals surface area contributed by atoms with Crippen molar-refractivity contribution in [2.75, 3.05) is 19.0 Å². The third kappa shape index (κ3) is 3.40. The minimum atomic E-state index is -0.449. The van der Waals surface area contributed by atoms with E-state index in [0.717, 1.165) is 61.8 Å². The normalized spacial score (nSPS) is 33.3. The molecule has 0 aromatic carbocycles. The van der Waals surface area contributed by atoms with Crippen molar-refractivity contribution in [3.63, 3.8) is 0 Å². The van der Waals surface area contributed by atoms with E-state index >= 15 is 0 Å². The third-order valence-electron chi connectivity index (χ3n) is 7.32. The van der Waals surface area contributed by atoms with Gasteiger partial charge in [-0.1, -0.05) is 15.9 Å². The van der Waals surface area contributed by atoms with Gasteiger partial charge in [0.05, 0.1) is 18.1 Å². The van der Waals surface area contributed by atoms with E-state index in [1.54, 1.807) is 0 Å². The van der Waals surface area contributed by atoms with Crippen molar-refractivity contribution in [3.05, 3.63) is 16.0 Å². The van der Waals surface area contributed by atoms with Gasteiger partial charge in [-0.2, -0.15) is 0 Å². The van der Waals surface area contributed by atoms with E-state index in [4.69, 9.17) is 9.47 Å². The molecule has 5 aliphatic carbocycles. The summed E-state index contributed by atoms with van der Waals surface area (Å²) in [6, 6.07) is 0. The van der Waals surface area contributed by atoms with Gasteiger partial charge in [0.25, 0.3) is 5.91 Å². The summed E-state index contributed by atoms with van der Waals surface area (Å²) >= 11 is 5.33. The predicted molar refractivity (Wildman–Crippen MR) is 116 cm³/mol. The molecule has 2 atom stereocenters. The lowest BCUT2D eigenvalue weighted by Crippen LogP contribution is -2.56. The summed E-state index contributed by atoms with van der Waals surface area (Å²) in [5.74, 6) is 0.0632. The monoisotopic (exact) mass is 495 g/mol. The van der Waals surface area contributed by atoms with Crippen LogP contribution in [0.1, 0.15) is 65.7 Å². The molecule has 1 heterocycles. The Kier molecular flexibility index (Phi) is 5.01. The van der Waals surface area contributed by atoms with Gasteiger partial charge in [0.1, 0.15) is 5.00 Å². The van der Waals surface area contributed by atoms with Crippen LogP contribution in [0.2, 0.25) is 0 Å². The molecule has 4 bridgehead atoms. The fourth-order valence-corrected chi connectivity index (χ4v) is 9.39. The molecule has 1 aromatic rings. The number of methoxy groups -OCH3 is 1. The van der Waals surface area contributed by atoms with Gasteiger partial charge in [0, 0.05) is 9.20 Å². The predicted octanol–water partition coefficient (Wildman–Crippen LogP) is 4.24. The first-order chi connectivity index (χ1) is 14.3. The molecule has 162 valence electrons. The van der Waals surface area contributed by atoms with Crippen molar-refractivity contribution < 1.29 is 23.9 Å². The summed E-state index contributed by atoms with van der Waals surface area (Å²) in [6.45, 7) is -0.325. The number of carbonyl (C=O) groups excluding carboxylic acids is 3. The fraction of sp³-hybridized carbons (Fsp3) is 0.682. The minimum absolute atomic E-state index is 0.0608. The highest BCUT2D eigenvalue weighted by Gasteiger charge is 2.60. The van der Waals surface area contributed by atoms with Gasteiger partial charge in [0.15, 0.2) is 6.61 Å². The molecule has 1 amide bonds. The molecule has 0 radical (unpaired) electrons. The van der Waals surface area contributed by atoms with Crippen molar-refractivity contribution in [1.82, 2.24) is 0 Å². The summed E-state index contributed by atoms with van der Waals surface area (Å²) in [7, 11) is 1.34. The average Bonchev–Trinajstić information content (AvgIpc) is 3.24. The van der Waals surface area contributed by atoms with Crippen LogP contribution in [-0.2, 0) is 31.9 Å². The Morgan fingerprint density at radius 3 is 2.57 bits per heavy atom. The maximum absolute atomic E-state index is 13.0. The van der Waals surface area contributed by atoms with Gasteiger partial charge in [-0.15, -0.1) is 11.3 Å². The Bertz CT molecular complexity index is 911. The second kappa shape index (κ2) is 7.33. The zero-order chi connectivity index (χ0) is 21.1. The van der Waals surface area contributed by atoms with E-state index in [-0.39, 0.29) is 16.9 Å². The van der Waals surface area contributed by atoms with Crippen LogP contribution >= 0.6 is 27.3 Å². The Morgan fingerprint density at radius 1 is 1.17 bits per heavy atom. The molecule has 30 heavy (non-hydrogen) atoms. The van der Waals surface area contributed by atoms with Crippen LogP contribution in [-0.4, -0.2) is 35.9 Å². The Labute approximate surface area is 188 Å². The molecule has 6 nitrogen and oxygen atoms in total. The number of esters is 2. The van der Waals surface area contributed by atoms with E-state index in [1.807, 2.05) is 0 Å². The summed E-state index contributed by atoms with van der Waals surface area (Å²) < 4.78 is 10.5. The van der Waals surface area contributed by atoms with Crippen molar-refractivity contribution >= 4 is 50.1 Å². The number of thiophene rings is 1. The zero-order valence-corrected chi connectivity index (χ0v) is 19.5. The lowest BCUT2D eigenvalue weighted by Gasteiger charge is -2.58. The lowest BCUT2D eigenvalue weighted by atomic mass is 9.49. The second-order valence-electron chi connectivity index (χ2n) is 9.57. The third-order valence-corrected chi connectivity index (χ3v) is 9.46. The maximum atomic E-state index is 13.0. The molecule has 1 aromatic heterocycles. The van der Waals surface area contributed by atoms with Crippen LogP contribution in [0.5, 0.6) is 0 Å². The topological polar surface area (TPSA) is 81.7 Å². The van der Waals surface area contributed by atoms with Gasteiger partial charge in [0.2, 0.25) is 0 Å². The van der Waals surface area contributed by atoms with Crippen LogP contribution in [0, 0.1) is 17.3 Å². The van der Waals surface area contributed by atoms with Crippen LogP contribution in [0.25, 0.3) is 0 Å². The number of hydrogen-bond donors (Lipinski definition) is 1. The Morgan fingerprint density at radius 2 is 1.90 bits per heavy atom. The summed E-state index contributed by atoms with van der Waals surface area (Å²) in [5.41, 5.74) is 0.988. The first-order valence-corrected chi connectivity index (χ1v) is 12.3. The van der Waals surface area contributed by atoms with Crippen molar-refractivity contribution in [2.24, 2.45) is 17.3 Å². The molecule has 4 fully saturated rings. The van der Waals surface area contributed by atoms with Crippen LogP contribution in [0.3, 0.4) is 0 Å². The number of rotatable bonds is 5. The van der Waals surface area contributed by atoms with Gasteiger partial charge in [-0.3, -0.25) is 9.59 Å². The highest BCUT2D eigenvalue weighted by atomic mass is 79.9. The number of halogens is 1. The quantitative estimate of drug-likeness (QED) is 0.487. The smallest absolute Gasteiger partial charge is 0.341 e. The first-order valence-electron chi connectivity index (χ1n) is 10.7. The number of alkyl halides is 1. The van der Waals surface area contributed by atoms with Crippen LogP contribution < -0.4 is 5.32 Å². The number of hydrogen-bond acceptors (Lipinski definition) is 6. The molecule has 0 spiro atoms. The number of fused-ring (bicyclic) bond motifs is 1. The van der Waals surface area contributed by atoms with Crippen LogP contribution in [0.4, 0.5) is 5.00 Å². The van der Waals surface area contributed by atoms with Crippen molar-refractivity contribution in [2.45, 2.75) is 62.1 Å². The van der Waals surface area contributed by atoms with Gasteiger partial charge in [-0.05, 0) is 75.2 Å². The molecular weight excluding hydrogens is 470 g/mol. The minimum Gasteiger partial charge on any atom is -0.465 e.